The number of thiol groups is 1. The molecule has 0 heterocycles. The van der Waals surface area contributed by atoms with Gasteiger partial charge in [-0.25, -0.2) is 0 Å². The first-order valence-electron chi connectivity index (χ1n) is 10.1. The summed E-state index contributed by atoms with van der Waals surface area (Å²) in [5.74, 6) is 0.350. The van der Waals surface area contributed by atoms with E-state index in [9.17, 15) is 4.79 Å². The summed E-state index contributed by atoms with van der Waals surface area (Å²) in [6.45, 7) is 2.84. The standard InChI is InChI=1S/C20H38O2S/c1-2-3-4-5-6-7-8-9-10-14-17-22-20(21)19(23)18-15-12-11-13-16-18/h18-19,23H,2-17H2,1H3. The van der Waals surface area contributed by atoms with Crippen LogP contribution in [0.3, 0.4) is 0 Å². The summed E-state index contributed by atoms with van der Waals surface area (Å²) in [4.78, 5) is 12.0. The molecule has 1 rings (SSSR count). The first kappa shape index (κ1) is 20.9. The summed E-state index contributed by atoms with van der Waals surface area (Å²) in [6, 6.07) is 0. The maximum Gasteiger partial charge on any atom is 0.319 e. The molecule has 3 heteroatoms. The lowest BCUT2D eigenvalue weighted by Gasteiger charge is -2.25. The minimum absolute atomic E-state index is 0.0869. The number of carbonyl (C=O) groups is 1. The molecule has 1 unspecified atom stereocenters. The number of rotatable bonds is 13. The minimum atomic E-state index is -0.196. The summed E-state index contributed by atoms with van der Waals surface area (Å²) >= 11 is 4.50. The van der Waals surface area contributed by atoms with Crippen molar-refractivity contribution in [3.8, 4) is 0 Å². The third kappa shape index (κ3) is 10.3. The Morgan fingerprint density at radius 3 is 2.00 bits per heavy atom. The number of ether oxygens (including phenoxy) is 1. The van der Waals surface area contributed by atoms with E-state index in [1.54, 1.807) is 0 Å². The molecule has 1 atom stereocenters. The van der Waals surface area contributed by atoms with E-state index in [2.05, 4.69) is 19.6 Å². The molecular formula is C20H38O2S. The van der Waals surface area contributed by atoms with Crippen molar-refractivity contribution in [3.63, 3.8) is 0 Å². The Hall–Kier alpha value is -0.180. The highest BCUT2D eigenvalue weighted by atomic mass is 32.1. The quantitative estimate of drug-likeness (QED) is 0.240. The molecule has 0 aromatic rings. The fourth-order valence-corrected chi connectivity index (χ4v) is 3.86. The fourth-order valence-electron chi connectivity index (χ4n) is 3.49. The van der Waals surface area contributed by atoms with Gasteiger partial charge in [0.05, 0.1) is 6.61 Å². The first-order valence-corrected chi connectivity index (χ1v) is 10.6. The topological polar surface area (TPSA) is 26.3 Å². The maximum atomic E-state index is 12.0. The van der Waals surface area contributed by atoms with Gasteiger partial charge in [0.1, 0.15) is 5.25 Å². The van der Waals surface area contributed by atoms with E-state index in [1.807, 2.05) is 0 Å². The van der Waals surface area contributed by atoms with E-state index in [0.29, 0.717) is 12.5 Å². The van der Waals surface area contributed by atoms with Crippen LogP contribution in [-0.2, 0) is 9.53 Å². The van der Waals surface area contributed by atoms with Crippen LogP contribution in [0.1, 0.15) is 103 Å². The molecule has 0 bridgehead atoms. The van der Waals surface area contributed by atoms with E-state index in [-0.39, 0.29) is 11.2 Å². The van der Waals surface area contributed by atoms with Crippen LogP contribution in [0.5, 0.6) is 0 Å². The van der Waals surface area contributed by atoms with Crippen LogP contribution in [0.15, 0.2) is 0 Å². The van der Waals surface area contributed by atoms with Gasteiger partial charge >= 0.3 is 5.97 Å². The summed E-state index contributed by atoms with van der Waals surface area (Å²) in [7, 11) is 0. The molecule has 1 saturated carbocycles. The van der Waals surface area contributed by atoms with Crippen LogP contribution < -0.4 is 0 Å². The lowest BCUT2D eigenvalue weighted by atomic mass is 9.87. The summed E-state index contributed by atoms with van der Waals surface area (Å²) in [6.07, 6.45) is 19.1. The number of esters is 1. The second-order valence-electron chi connectivity index (χ2n) is 7.19. The van der Waals surface area contributed by atoms with Crippen LogP contribution >= 0.6 is 12.6 Å². The Morgan fingerprint density at radius 2 is 1.43 bits per heavy atom. The van der Waals surface area contributed by atoms with Crippen molar-refractivity contribution in [1.29, 1.82) is 0 Å². The van der Waals surface area contributed by atoms with Crippen molar-refractivity contribution in [3.05, 3.63) is 0 Å². The van der Waals surface area contributed by atoms with Gasteiger partial charge in [-0.05, 0) is 25.2 Å². The molecule has 0 spiro atoms. The van der Waals surface area contributed by atoms with E-state index in [4.69, 9.17) is 4.74 Å². The average molecular weight is 343 g/mol. The van der Waals surface area contributed by atoms with Crippen molar-refractivity contribution in [2.45, 2.75) is 108 Å². The second kappa shape index (κ2) is 14.2. The maximum absolute atomic E-state index is 12.0. The summed E-state index contributed by atoms with van der Waals surface area (Å²) < 4.78 is 5.41. The first-order chi connectivity index (χ1) is 11.3. The van der Waals surface area contributed by atoms with Gasteiger partial charge in [-0.2, -0.15) is 12.6 Å². The zero-order valence-electron chi connectivity index (χ0n) is 15.2. The van der Waals surface area contributed by atoms with Crippen LogP contribution in [0.4, 0.5) is 0 Å². The molecule has 0 aromatic heterocycles. The molecule has 0 radical (unpaired) electrons. The van der Waals surface area contributed by atoms with E-state index >= 15 is 0 Å². The highest BCUT2D eigenvalue weighted by Gasteiger charge is 2.27. The van der Waals surface area contributed by atoms with Gasteiger partial charge in [0, 0.05) is 0 Å². The van der Waals surface area contributed by atoms with Gasteiger partial charge in [-0.15, -0.1) is 0 Å². The van der Waals surface area contributed by atoms with Crippen molar-refractivity contribution in [2.24, 2.45) is 5.92 Å². The van der Waals surface area contributed by atoms with Crippen molar-refractivity contribution < 1.29 is 9.53 Å². The van der Waals surface area contributed by atoms with Gasteiger partial charge in [-0.3, -0.25) is 4.79 Å². The molecule has 1 aliphatic rings. The van der Waals surface area contributed by atoms with E-state index in [0.717, 1.165) is 19.3 Å². The number of unbranched alkanes of at least 4 members (excludes halogenated alkanes) is 9. The van der Waals surface area contributed by atoms with E-state index < -0.39 is 0 Å². The largest absolute Gasteiger partial charge is 0.465 e. The third-order valence-electron chi connectivity index (χ3n) is 5.08. The predicted molar refractivity (Wildman–Crippen MR) is 102 cm³/mol. The normalized spacial score (nSPS) is 17.1. The molecule has 0 N–H and O–H groups in total. The molecule has 0 aromatic carbocycles. The summed E-state index contributed by atoms with van der Waals surface area (Å²) in [5, 5.41) is -0.196. The third-order valence-corrected chi connectivity index (χ3v) is 5.71. The minimum Gasteiger partial charge on any atom is -0.465 e. The molecular weight excluding hydrogens is 304 g/mol. The van der Waals surface area contributed by atoms with Crippen molar-refractivity contribution in [1.82, 2.24) is 0 Å². The highest BCUT2D eigenvalue weighted by molar-refractivity contribution is 7.81. The molecule has 0 aliphatic heterocycles. The molecule has 136 valence electrons. The monoisotopic (exact) mass is 342 g/mol. The molecule has 0 amide bonds. The van der Waals surface area contributed by atoms with Crippen LogP contribution in [-0.4, -0.2) is 17.8 Å². The highest BCUT2D eigenvalue weighted by Crippen LogP contribution is 2.29. The Bertz CT molecular complexity index is 287. The lowest BCUT2D eigenvalue weighted by molar-refractivity contribution is -0.144. The predicted octanol–water partition coefficient (Wildman–Crippen LogP) is 6.33. The van der Waals surface area contributed by atoms with Gasteiger partial charge < -0.3 is 4.74 Å². The second-order valence-corrected chi connectivity index (χ2v) is 7.75. The van der Waals surface area contributed by atoms with Crippen molar-refractivity contribution in [2.75, 3.05) is 6.61 Å². The number of hydrogen-bond acceptors (Lipinski definition) is 3. The Balaban J connectivity index is 1.89. The van der Waals surface area contributed by atoms with Crippen molar-refractivity contribution >= 4 is 18.6 Å². The van der Waals surface area contributed by atoms with Crippen LogP contribution in [0.25, 0.3) is 0 Å². The smallest absolute Gasteiger partial charge is 0.319 e. The van der Waals surface area contributed by atoms with Gasteiger partial charge in [0.2, 0.25) is 0 Å². The van der Waals surface area contributed by atoms with Crippen LogP contribution in [0, 0.1) is 5.92 Å². The lowest BCUT2D eigenvalue weighted by Crippen LogP contribution is -2.28. The Morgan fingerprint density at radius 1 is 0.913 bits per heavy atom. The molecule has 2 nitrogen and oxygen atoms in total. The van der Waals surface area contributed by atoms with Gasteiger partial charge in [0.25, 0.3) is 0 Å². The molecule has 1 fully saturated rings. The van der Waals surface area contributed by atoms with Gasteiger partial charge in [-0.1, -0.05) is 84.0 Å². The summed E-state index contributed by atoms with van der Waals surface area (Å²) in [5.41, 5.74) is 0. The van der Waals surface area contributed by atoms with Gasteiger partial charge in [0.15, 0.2) is 0 Å². The number of hydrogen-bond donors (Lipinski definition) is 1. The Labute approximate surface area is 149 Å². The molecule has 23 heavy (non-hydrogen) atoms. The average Bonchev–Trinajstić information content (AvgIpc) is 2.59. The van der Waals surface area contributed by atoms with Crippen LogP contribution in [0.2, 0.25) is 0 Å². The molecule has 0 saturated heterocycles. The molecule has 1 aliphatic carbocycles. The Kier molecular flexibility index (Phi) is 12.9. The fraction of sp³-hybridized carbons (Fsp3) is 0.950. The number of carbonyl (C=O) groups excluding carboxylic acids is 1. The SMILES string of the molecule is CCCCCCCCCCCCOC(=O)C(S)C1CCCCC1. The van der Waals surface area contributed by atoms with E-state index in [1.165, 1.54) is 77.0 Å². The zero-order chi connectivity index (χ0) is 16.8. The zero-order valence-corrected chi connectivity index (χ0v) is 16.1.